The van der Waals surface area contributed by atoms with Crippen molar-refractivity contribution in [3.05, 3.63) is 52.7 Å². The zero-order valence-electron chi connectivity index (χ0n) is 18.8. The van der Waals surface area contributed by atoms with Gasteiger partial charge in [0.2, 0.25) is 5.88 Å². The molecule has 0 atom stereocenters. The number of rotatable bonds is 11. The minimum Gasteiger partial charge on any atom is -0.439 e. The summed E-state index contributed by atoms with van der Waals surface area (Å²) >= 11 is 0. The second-order valence-corrected chi connectivity index (χ2v) is 8.44. The molecule has 0 saturated heterocycles. The van der Waals surface area contributed by atoms with Crippen LogP contribution >= 0.6 is 0 Å². The van der Waals surface area contributed by atoms with Crippen LogP contribution in [0, 0.1) is 0 Å². The zero-order chi connectivity index (χ0) is 26.7. The van der Waals surface area contributed by atoms with Crippen LogP contribution in [0.25, 0.3) is 0 Å². The molecule has 36 heavy (non-hydrogen) atoms. The largest absolute Gasteiger partial charge is 0.439 e. The molecule has 0 unspecified atom stereocenters. The third-order valence-electron chi connectivity index (χ3n) is 5.80. The van der Waals surface area contributed by atoms with Gasteiger partial charge in [-0.05, 0) is 42.2 Å². The summed E-state index contributed by atoms with van der Waals surface area (Å²) in [6.45, 7) is 0.450. The number of nitrogens with two attached hydrogens (primary N) is 1. The van der Waals surface area contributed by atoms with Gasteiger partial charge >= 0.3 is 24.7 Å². The van der Waals surface area contributed by atoms with E-state index < -0.39 is 49.9 Å². The topological polar surface area (TPSA) is 68.5 Å². The molecule has 0 saturated carbocycles. The number of aromatic nitrogens is 1. The maximum atomic E-state index is 13.3. The Balaban J connectivity index is 1.69. The number of carbonyl (C=O) groups excluding carboxylic acids is 1. The Kier molecular flexibility index (Phi) is 8.42. The number of fused-ring (bicyclic) bond motifs is 1. The molecule has 198 valence electrons. The molecule has 2 heterocycles. The number of hydrogen-bond acceptors (Lipinski definition) is 4. The average molecular weight is 525 g/mol. The SMILES string of the molecule is NC(=O)c1ccc(Oc2ccc3c(c2)CCN(CCC(F)(F)C(F)F)C3)nc1CCC(F)(F)C(F)F. The lowest BCUT2D eigenvalue weighted by Crippen LogP contribution is -2.36. The first-order chi connectivity index (χ1) is 16.8. The van der Waals surface area contributed by atoms with Crippen molar-refractivity contribution in [2.75, 3.05) is 13.1 Å². The molecule has 0 spiro atoms. The molecule has 1 aromatic carbocycles. The van der Waals surface area contributed by atoms with E-state index in [1.807, 2.05) is 0 Å². The van der Waals surface area contributed by atoms with Crippen molar-refractivity contribution in [1.82, 2.24) is 9.88 Å². The van der Waals surface area contributed by atoms with Crippen LogP contribution in [-0.4, -0.2) is 53.6 Å². The second-order valence-electron chi connectivity index (χ2n) is 8.44. The monoisotopic (exact) mass is 525 g/mol. The molecule has 0 aliphatic carbocycles. The highest BCUT2D eigenvalue weighted by Crippen LogP contribution is 2.31. The predicted octanol–water partition coefficient (Wildman–Crippen LogP) is 5.45. The van der Waals surface area contributed by atoms with Gasteiger partial charge in [-0.25, -0.2) is 40.1 Å². The van der Waals surface area contributed by atoms with E-state index in [2.05, 4.69) is 4.98 Å². The fraction of sp³-hybridized carbons (Fsp3) is 0.478. The standard InChI is InChI=1S/C23H23F8N3O2/c24-20(25)22(28,29)7-5-17-16(19(32)35)3-4-18(33-17)36-15-2-1-14-12-34(9-6-13(14)11-15)10-8-23(30,31)21(26)27/h1-4,11,20-21H,5-10,12H2,(H2,32,35). The van der Waals surface area contributed by atoms with Crippen molar-refractivity contribution < 1.29 is 44.7 Å². The number of halogens is 8. The van der Waals surface area contributed by atoms with E-state index in [4.69, 9.17) is 10.5 Å². The van der Waals surface area contributed by atoms with Crippen LogP contribution in [0.1, 0.15) is 40.0 Å². The molecule has 1 aliphatic heterocycles. The highest BCUT2D eigenvalue weighted by Gasteiger charge is 2.41. The van der Waals surface area contributed by atoms with Crippen LogP contribution in [0.3, 0.4) is 0 Å². The van der Waals surface area contributed by atoms with Crippen LogP contribution in [-0.2, 0) is 19.4 Å². The van der Waals surface area contributed by atoms with Gasteiger partial charge in [0.05, 0.1) is 11.3 Å². The van der Waals surface area contributed by atoms with Gasteiger partial charge in [0.15, 0.2) is 0 Å². The van der Waals surface area contributed by atoms with E-state index >= 15 is 0 Å². The summed E-state index contributed by atoms with van der Waals surface area (Å²) in [6.07, 6.45) is -10.0. The van der Waals surface area contributed by atoms with Gasteiger partial charge in [0.25, 0.3) is 5.91 Å². The molecule has 1 amide bonds. The quantitative estimate of drug-likeness (QED) is 0.396. The normalized spacial score (nSPS) is 14.8. The van der Waals surface area contributed by atoms with Crippen LogP contribution in [0.5, 0.6) is 11.6 Å². The van der Waals surface area contributed by atoms with Gasteiger partial charge in [-0.3, -0.25) is 9.69 Å². The summed E-state index contributed by atoms with van der Waals surface area (Å²) in [5.74, 6) is -9.07. The first-order valence-corrected chi connectivity index (χ1v) is 10.9. The number of aryl methyl sites for hydroxylation is 1. The maximum absolute atomic E-state index is 13.3. The Morgan fingerprint density at radius 3 is 2.31 bits per heavy atom. The van der Waals surface area contributed by atoms with Gasteiger partial charge in [-0.15, -0.1) is 0 Å². The second kappa shape index (κ2) is 11.0. The lowest BCUT2D eigenvalue weighted by molar-refractivity contribution is -0.136. The average Bonchev–Trinajstić information content (AvgIpc) is 2.81. The first-order valence-electron chi connectivity index (χ1n) is 10.9. The smallest absolute Gasteiger partial charge is 0.308 e. The Morgan fingerprint density at radius 2 is 1.67 bits per heavy atom. The first kappa shape index (κ1) is 27.6. The number of primary amides is 1. The summed E-state index contributed by atoms with van der Waals surface area (Å²) < 4.78 is 108. The van der Waals surface area contributed by atoms with Crippen molar-refractivity contribution in [3.63, 3.8) is 0 Å². The molecule has 0 fully saturated rings. The Bertz CT molecular complexity index is 1080. The van der Waals surface area contributed by atoms with Crippen molar-refractivity contribution in [1.29, 1.82) is 0 Å². The summed E-state index contributed by atoms with van der Waals surface area (Å²) in [5, 5.41) is 0. The molecule has 1 aromatic heterocycles. The molecule has 1 aliphatic rings. The maximum Gasteiger partial charge on any atom is 0.308 e. The number of alkyl halides is 8. The summed E-state index contributed by atoms with van der Waals surface area (Å²) in [5.41, 5.74) is 6.43. The lowest BCUT2D eigenvalue weighted by atomic mass is 9.99. The molecule has 0 radical (unpaired) electrons. The lowest BCUT2D eigenvalue weighted by Gasteiger charge is -2.30. The van der Waals surface area contributed by atoms with Gasteiger partial charge in [0.1, 0.15) is 5.75 Å². The molecule has 2 aromatic rings. The Hall–Kier alpha value is -2.96. The zero-order valence-corrected chi connectivity index (χ0v) is 18.8. The van der Waals surface area contributed by atoms with Gasteiger partial charge < -0.3 is 10.5 Å². The molecule has 13 heteroatoms. The number of nitrogens with zero attached hydrogens (tertiary/aromatic N) is 2. The fourth-order valence-corrected chi connectivity index (χ4v) is 3.73. The molecule has 0 bridgehead atoms. The number of amides is 1. The molecule has 3 rings (SSSR count). The fourth-order valence-electron chi connectivity index (χ4n) is 3.73. The summed E-state index contributed by atoms with van der Waals surface area (Å²) in [6, 6.07) is 7.36. The van der Waals surface area contributed by atoms with Crippen molar-refractivity contribution >= 4 is 5.91 Å². The van der Waals surface area contributed by atoms with E-state index in [1.54, 1.807) is 23.1 Å². The van der Waals surface area contributed by atoms with Crippen LogP contribution < -0.4 is 10.5 Å². The molecule has 2 N–H and O–H groups in total. The summed E-state index contributed by atoms with van der Waals surface area (Å²) in [4.78, 5) is 17.2. The highest BCUT2D eigenvalue weighted by molar-refractivity contribution is 5.93. The van der Waals surface area contributed by atoms with Crippen molar-refractivity contribution in [3.8, 4) is 11.6 Å². The third-order valence-corrected chi connectivity index (χ3v) is 5.80. The van der Waals surface area contributed by atoms with Gasteiger partial charge in [0, 0.05) is 38.5 Å². The van der Waals surface area contributed by atoms with Gasteiger partial charge in [-0.2, -0.15) is 0 Å². The van der Waals surface area contributed by atoms with Crippen molar-refractivity contribution in [2.24, 2.45) is 5.73 Å². The minimum atomic E-state index is -4.27. The number of hydrogen-bond donors (Lipinski definition) is 1. The van der Waals surface area contributed by atoms with E-state index in [9.17, 15) is 39.9 Å². The molecular weight excluding hydrogens is 502 g/mol. The Labute approximate surface area is 201 Å². The Morgan fingerprint density at radius 1 is 1.00 bits per heavy atom. The van der Waals surface area contributed by atoms with Crippen LogP contribution in [0.2, 0.25) is 0 Å². The molecule has 5 nitrogen and oxygen atoms in total. The minimum absolute atomic E-state index is 0.0815. The van der Waals surface area contributed by atoms with Crippen molar-refractivity contribution in [2.45, 2.75) is 56.9 Å². The third kappa shape index (κ3) is 6.83. The van der Waals surface area contributed by atoms with E-state index in [0.717, 1.165) is 11.1 Å². The number of carbonyl (C=O) groups is 1. The van der Waals surface area contributed by atoms with E-state index in [1.165, 1.54) is 12.1 Å². The van der Waals surface area contributed by atoms with Gasteiger partial charge in [-0.1, -0.05) is 6.07 Å². The number of ether oxygens (including phenoxy) is 1. The van der Waals surface area contributed by atoms with E-state index in [-0.39, 0.29) is 30.2 Å². The van der Waals surface area contributed by atoms with E-state index in [0.29, 0.717) is 18.7 Å². The summed E-state index contributed by atoms with van der Waals surface area (Å²) in [7, 11) is 0. The highest BCUT2D eigenvalue weighted by atomic mass is 19.3. The molecular formula is C23H23F8N3O2. The number of pyridine rings is 1. The number of benzene rings is 1. The van der Waals surface area contributed by atoms with Crippen LogP contribution in [0.15, 0.2) is 30.3 Å². The predicted molar refractivity (Wildman–Crippen MR) is 113 cm³/mol. The van der Waals surface area contributed by atoms with Crippen LogP contribution in [0.4, 0.5) is 35.1 Å².